The number of carbonyl (C=O) groups is 2. The maximum Gasteiger partial charge on any atom is 0.289 e. The first-order valence-corrected chi connectivity index (χ1v) is 12.7. The summed E-state index contributed by atoms with van der Waals surface area (Å²) in [5.74, 6) is -1.00. The highest BCUT2D eigenvalue weighted by Gasteiger charge is 2.38. The molecule has 1 aromatic carbocycles. The predicted octanol–water partition coefficient (Wildman–Crippen LogP) is 0.801. The Morgan fingerprint density at radius 3 is 2.39 bits per heavy atom. The van der Waals surface area contributed by atoms with Crippen LogP contribution in [0.2, 0.25) is 0 Å². The average Bonchev–Trinajstić information content (AvgIpc) is 3.36. The van der Waals surface area contributed by atoms with Crippen molar-refractivity contribution in [3.63, 3.8) is 0 Å². The summed E-state index contributed by atoms with van der Waals surface area (Å²) >= 11 is 0. The van der Waals surface area contributed by atoms with Gasteiger partial charge in [0.25, 0.3) is 5.91 Å². The minimum Gasteiger partial charge on any atom is -0.459 e. The summed E-state index contributed by atoms with van der Waals surface area (Å²) in [6.45, 7) is 2.15. The van der Waals surface area contributed by atoms with Gasteiger partial charge in [0.05, 0.1) is 22.6 Å². The first-order valence-electron chi connectivity index (χ1n) is 9.61. The van der Waals surface area contributed by atoms with E-state index in [9.17, 15) is 26.4 Å². The number of hydrogen-bond acceptors (Lipinski definition) is 7. The van der Waals surface area contributed by atoms with Crippen molar-refractivity contribution in [3.8, 4) is 0 Å². The van der Waals surface area contributed by atoms with E-state index in [0.29, 0.717) is 9.87 Å². The number of carbonyl (C=O) groups excluding carboxylic acids is 2. The van der Waals surface area contributed by atoms with Crippen molar-refractivity contribution in [2.24, 2.45) is 0 Å². The van der Waals surface area contributed by atoms with E-state index in [4.69, 9.17) is 4.42 Å². The number of piperazine rings is 1. The van der Waals surface area contributed by atoms with E-state index in [0.717, 1.165) is 0 Å². The molecule has 2 amide bonds. The second kappa shape index (κ2) is 7.77. The van der Waals surface area contributed by atoms with E-state index in [1.165, 1.54) is 33.7 Å². The zero-order valence-electron chi connectivity index (χ0n) is 16.7. The zero-order chi connectivity index (χ0) is 22.4. The van der Waals surface area contributed by atoms with Crippen molar-refractivity contribution >= 4 is 37.5 Å². The highest BCUT2D eigenvalue weighted by molar-refractivity contribution is 7.94. The van der Waals surface area contributed by atoms with Gasteiger partial charge in [-0.15, -0.1) is 0 Å². The standard InChI is InChI=1S/C19H21N3O7S2/c1-14-4-5-15(22-18(23)6-12-30(22,25)26)13-17(14)31(27,28)21-9-7-20(8-10-21)19(24)16-3-2-11-29-16/h2-5,11,13H,6-10,12H2,1H3. The Morgan fingerprint density at radius 2 is 1.81 bits per heavy atom. The van der Waals surface area contributed by atoms with Crippen LogP contribution >= 0.6 is 0 Å². The van der Waals surface area contributed by atoms with E-state index in [2.05, 4.69) is 0 Å². The summed E-state index contributed by atoms with van der Waals surface area (Å²) in [5, 5.41) is 0. The molecule has 0 aliphatic carbocycles. The Hall–Kier alpha value is -2.70. The number of sulfonamides is 2. The molecule has 0 unspecified atom stereocenters. The predicted molar refractivity (Wildman–Crippen MR) is 110 cm³/mol. The molecule has 0 N–H and O–H groups in total. The summed E-state index contributed by atoms with van der Waals surface area (Å²) in [5.41, 5.74) is 0.445. The monoisotopic (exact) mass is 467 g/mol. The van der Waals surface area contributed by atoms with Crippen LogP contribution < -0.4 is 4.31 Å². The number of benzene rings is 1. The van der Waals surface area contributed by atoms with Crippen molar-refractivity contribution in [2.75, 3.05) is 36.2 Å². The van der Waals surface area contributed by atoms with Crippen LogP contribution in [0.15, 0.2) is 45.9 Å². The number of rotatable bonds is 4. The van der Waals surface area contributed by atoms with Gasteiger partial charge in [0.15, 0.2) is 5.76 Å². The van der Waals surface area contributed by atoms with E-state index >= 15 is 0 Å². The van der Waals surface area contributed by atoms with Crippen LogP contribution in [0, 0.1) is 6.92 Å². The molecule has 1 aromatic heterocycles. The van der Waals surface area contributed by atoms with Gasteiger partial charge in [0.1, 0.15) is 0 Å². The van der Waals surface area contributed by atoms with Crippen LogP contribution in [0.1, 0.15) is 22.5 Å². The van der Waals surface area contributed by atoms with Gasteiger partial charge in [-0.2, -0.15) is 4.31 Å². The molecule has 0 spiro atoms. The van der Waals surface area contributed by atoms with Gasteiger partial charge >= 0.3 is 0 Å². The average molecular weight is 468 g/mol. The minimum atomic E-state index is -3.96. The first kappa shape index (κ1) is 21.5. The zero-order valence-corrected chi connectivity index (χ0v) is 18.4. The fraction of sp³-hybridized carbons (Fsp3) is 0.368. The highest BCUT2D eigenvalue weighted by Crippen LogP contribution is 2.30. The maximum atomic E-state index is 13.3. The molecule has 2 aliphatic rings. The normalized spacial score (nSPS) is 19.7. The molecule has 166 valence electrons. The van der Waals surface area contributed by atoms with Crippen LogP contribution in [0.25, 0.3) is 0 Å². The molecule has 2 aliphatic heterocycles. The second-order valence-electron chi connectivity index (χ2n) is 7.35. The molecule has 3 heterocycles. The summed E-state index contributed by atoms with van der Waals surface area (Å²) in [4.78, 5) is 25.9. The highest BCUT2D eigenvalue weighted by atomic mass is 32.2. The second-order valence-corrected chi connectivity index (χ2v) is 11.2. The molecule has 12 heteroatoms. The van der Waals surface area contributed by atoms with E-state index in [1.54, 1.807) is 19.1 Å². The van der Waals surface area contributed by atoms with Crippen LogP contribution in [0.3, 0.4) is 0 Å². The quantitative estimate of drug-likeness (QED) is 0.651. The fourth-order valence-electron chi connectivity index (χ4n) is 3.69. The molecule has 0 bridgehead atoms. The van der Waals surface area contributed by atoms with Gasteiger partial charge < -0.3 is 9.32 Å². The molecule has 0 saturated carbocycles. The van der Waals surface area contributed by atoms with E-state index < -0.39 is 26.0 Å². The molecule has 2 saturated heterocycles. The van der Waals surface area contributed by atoms with Gasteiger partial charge in [-0.3, -0.25) is 9.59 Å². The Kier molecular flexibility index (Phi) is 5.40. The Balaban J connectivity index is 1.57. The van der Waals surface area contributed by atoms with Gasteiger partial charge in [-0.1, -0.05) is 6.07 Å². The van der Waals surface area contributed by atoms with Crippen molar-refractivity contribution in [1.29, 1.82) is 0 Å². The minimum absolute atomic E-state index is 0.0123. The first-order chi connectivity index (χ1) is 14.6. The van der Waals surface area contributed by atoms with Crippen molar-refractivity contribution < 1.29 is 30.8 Å². The van der Waals surface area contributed by atoms with Crippen LogP contribution in [-0.2, 0) is 24.8 Å². The summed E-state index contributed by atoms with van der Waals surface area (Å²) in [7, 11) is -7.77. The van der Waals surface area contributed by atoms with Crippen molar-refractivity contribution in [3.05, 3.63) is 47.9 Å². The third-order valence-electron chi connectivity index (χ3n) is 5.36. The molecular formula is C19H21N3O7S2. The van der Waals surface area contributed by atoms with Gasteiger partial charge in [0.2, 0.25) is 26.0 Å². The summed E-state index contributed by atoms with van der Waals surface area (Å²) in [6.07, 6.45) is 1.26. The molecule has 0 radical (unpaired) electrons. The lowest BCUT2D eigenvalue weighted by Crippen LogP contribution is -2.50. The topological polar surface area (TPSA) is 125 Å². The largest absolute Gasteiger partial charge is 0.459 e. The number of anilines is 1. The van der Waals surface area contributed by atoms with Crippen LogP contribution in [0.4, 0.5) is 5.69 Å². The lowest BCUT2D eigenvalue weighted by atomic mass is 10.2. The number of furan rings is 1. The molecule has 2 aromatic rings. The third-order valence-corrected chi connectivity index (χ3v) is 9.09. The molecule has 4 rings (SSSR count). The Morgan fingerprint density at radius 1 is 1.10 bits per heavy atom. The van der Waals surface area contributed by atoms with Crippen molar-refractivity contribution in [1.82, 2.24) is 9.21 Å². The van der Waals surface area contributed by atoms with E-state index in [1.807, 2.05) is 0 Å². The smallest absolute Gasteiger partial charge is 0.289 e. The number of nitrogens with zero attached hydrogens (tertiary/aromatic N) is 3. The van der Waals surface area contributed by atoms with Crippen LogP contribution in [-0.4, -0.2) is 69.8 Å². The number of amides is 2. The Labute approximate surface area is 180 Å². The van der Waals surface area contributed by atoms with Gasteiger partial charge in [-0.05, 0) is 36.8 Å². The van der Waals surface area contributed by atoms with Crippen LogP contribution in [0.5, 0.6) is 0 Å². The summed E-state index contributed by atoms with van der Waals surface area (Å²) in [6, 6.07) is 7.30. The lowest BCUT2D eigenvalue weighted by Gasteiger charge is -2.34. The molecular weight excluding hydrogens is 446 g/mol. The van der Waals surface area contributed by atoms with Gasteiger partial charge in [0, 0.05) is 32.6 Å². The summed E-state index contributed by atoms with van der Waals surface area (Å²) < 4.78 is 58.0. The number of hydrogen-bond donors (Lipinski definition) is 0. The molecule has 10 nitrogen and oxygen atoms in total. The molecule has 31 heavy (non-hydrogen) atoms. The molecule has 2 fully saturated rings. The fourth-order valence-corrected chi connectivity index (χ4v) is 6.81. The third kappa shape index (κ3) is 3.86. The van der Waals surface area contributed by atoms with Crippen molar-refractivity contribution in [2.45, 2.75) is 18.2 Å². The Bertz CT molecular complexity index is 1230. The SMILES string of the molecule is Cc1ccc(N2C(=O)CCS2(=O)=O)cc1S(=O)(=O)N1CCN(C(=O)c2ccco2)CC1. The lowest BCUT2D eigenvalue weighted by molar-refractivity contribution is -0.116. The van der Waals surface area contributed by atoms with Gasteiger partial charge in [-0.25, -0.2) is 21.1 Å². The van der Waals surface area contributed by atoms with E-state index in [-0.39, 0.29) is 60.6 Å². The molecule has 0 atom stereocenters. The maximum absolute atomic E-state index is 13.3. The number of aryl methyl sites for hydroxylation is 1.